The van der Waals surface area contributed by atoms with Crippen LogP contribution in [0.15, 0.2) is 42.5 Å². The van der Waals surface area contributed by atoms with E-state index in [9.17, 15) is 14.9 Å². The summed E-state index contributed by atoms with van der Waals surface area (Å²) in [6.07, 6.45) is 3.34. The highest BCUT2D eigenvalue weighted by atomic mass is 16.6. The molecule has 0 N–H and O–H groups in total. The van der Waals surface area contributed by atoms with Gasteiger partial charge in [-0.25, -0.2) is 0 Å². The normalized spacial score (nSPS) is 14.5. The summed E-state index contributed by atoms with van der Waals surface area (Å²) in [5.74, 6) is -0.167. The first-order valence-corrected chi connectivity index (χ1v) is 8.21. The number of non-ortho nitro benzene ring substituents is 1. The number of hydrogen-bond donors (Lipinski definition) is 0. The smallest absolute Gasteiger partial charge is 0.270 e. The minimum absolute atomic E-state index is 0.0498. The molecule has 0 aliphatic carbocycles. The number of anilines is 1. The van der Waals surface area contributed by atoms with Crippen molar-refractivity contribution < 1.29 is 9.72 Å². The van der Waals surface area contributed by atoms with Gasteiger partial charge < -0.3 is 4.90 Å². The number of carbonyl (C=O) groups excluding carboxylic acids is 1. The second kappa shape index (κ2) is 6.83. The fraction of sp³-hybridized carbons (Fsp3) is 0.316. The monoisotopic (exact) mass is 324 g/mol. The first-order chi connectivity index (χ1) is 11.6. The van der Waals surface area contributed by atoms with E-state index in [1.807, 2.05) is 19.1 Å². The zero-order valence-electron chi connectivity index (χ0n) is 13.7. The molecule has 1 fully saturated rings. The van der Waals surface area contributed by atoms with Crippen LogP contribution in [0.25, 0.3) is 0 Å². The van der Waals surface area contributed by atoms with Gasteiger partial charge in [0, 0.05) is 36.5 Å². The molecule has 0 radical (unpaired) electrons. The van der Waals surface area contributed by atoms with Crippen LogP contribution in [0.1, 0.15) is 40.7 Å². The quantitative estimate of drug-likeness (QED) is 0.482. The van der Waals surface area contributed by atoms with Gasteiger partial charge in [0.1, 0.15) is 0 Å². The van der Waals surface area contributed by atoms with Crippen molar-refractivity contribution in [3.63, 3.8) is 0 Å². The number of ketones is 1. The molecule has 124 valence electrons. The van der Waals surface area contributed by atoms with E-state index in [0.29, 0.717) is 11.1 Å². The summed E-state index contributed by atoms with van der Waals surface area (Å²) in [4.78, 5) is 25.8. The van der Waals surface area contributed by atoms with E-state index < -0.39 is 4.92 Å². The summed E-state index contributed by atoms with van der Waals surface area (Å²) in [7, 11) is 0. The molecule has 0 unspecified atom stereocenters. The summed E-state index contributed by atoms with van der Waals surface area (Å²) < 4.78 is 0. The Morgan fingerprint density at radius 1 is 1.04 bits per heavy atom. The predicted molar refractivity (Wildman–Crippen MR) is 93.8 cm³/mol. The van der Waals surface area contributed by atoms with E-state index in [1.165, 1.54) is 18.6 Å². The van der Waals surface area contributed by atoms with Crippen molar-refractivity contribution in [2.24, 2.45) is 0 Å². The Bertz CT molecular complexity index is 763. The number of aryl methyl sites for hydroxylation is 1. The van der Waals surface area contributed by atoms with E-state index >= 15 is 0 Å². The van der Waals surface area contributed by atoms with Gasteiger partial charge in [0.25, 0.3) is 5.69 Å². The summed E-state index contributed by atoms with van der Waals surface area (Å²) in [5.41, 5.74) is 2.79. The molecule has 0 saturated carbocycles. The van der Waals surface area contributed by atoms with Crippen molar-refractivity contribution in [1.82, 2.24) is 0 Å². The molecule has 1 aliphatic rings. The lowest BCUT2D eigenvalue weighted by molar-refractivity contribution is -0.384. The first-order valence-electron chi connectivity index (χ1n) is 8.21. The molecular formula is C19H20N2O3. The predicted octanol–water partition coefficient (Wildman–Crippen LogP) is 4.12. The average molecular weight is 324 g/mol. The fourth-order valence-corrected chi connectivity index (χ4v) is 3.09. The van der Waals surface area contributed by atoms with Gasteiger partial charge in [-0.3, -0.25) is 14.9 Å². The van der Waals surface area contributed by atoms with Gasteiger partial charge in [-0.2, -0.15) is 0 Å². The summed E-state index contributed by atoms with van der Waals surface area (Å²) in [6, 6.07) is 11.9. The Morgan fingerprint density at radius 2 is 1.71 bits per heavy atom. The lowest BCUT2D eigenvalue weighted by Gasteiger charge is -2.30. The van der Waals surface area contributed by atoms with Crippen LogP contribution in [-0.2, 0) is 0 Å². The Labute approximate surface area is 141 Å². The van der Waals surface area contributed by atoms with E-state index in [1.54, 1.807) is 18.2 Å². The lowest BCUT2D eigenvalue weighted by atomic mass is 9.98. The largest absolute Gasteiger partial charge is 0.371 e. The Morgan fingerprint density at radius 3 is 2.33 bits per heavy atom. The van der Waals surface area contributed by atoms with Crippen LogP contribution >= 0.6 is 0 Å². The average Bonchev–Trinajstić information content (AvgIpc) is 2.62. The summed E-state index contributed by atoms with van der Waals surface area (Å²) in [5, 5.41) is 11.1. The minimum atomic E-state index is -0.452. The number of rotatable bonds is 4. The van der Waals surface area contributed by atoms with Crippen LogP contribution in [0.5, 0.6) is 0 Å². The molecule has 1 heterocycles. The van der Waals surface area contributed by atoms with Gasteiger partial charge in [-0.05, 0) is 32.3 Å². The van der Waals surface area contributed by atoms with Crippen LogP contribution in [-0.4, -0.2) is 23.8 Å². The third kappa shape index (κ3) is 3.30. The maximum absolute atomic E-state index is 12.9. The van der Waals surface area contributed by atoms with Crippen LogP contribution in [0, 0.1) is 17.0 Å². The van der Waals surface area contributed by atoms with E-state index in [2.05, 4.69) is 4.90 Å². The van der Waals surface area contributed by atoms with Crippen LogP contribution in [0.4, 0.5) is 11.4 Å². The number of hydrogen-bond acceptors (Lipinski definition) is 4. The number of nitro benzene ring substituents is 1. The standard InChI is InChI=1S/C19H20N2O3/c1-14-5-7-15(8-6-14)19(22)17-13-16(21(23)24)9-10-18(17)20-11-3-2-4-12-20/h5-10,13H,2-4,11-12H2,1H3. The van der Waals surface area contributed by atoms with Crippen molar-refractivity contribution in [3.8, 4) is 0 Å². The Hall–Kier alpha value is -2.69. The molecule has 1 aliphatic heterocycles. The van der Waals surface area contributed by atoms with Gasteiger partial charge in [-0.1, -0.05) is 29.8 Å². The van der Waals surface area contributed by atoms with Crippen LogP contribution in [0.3, 0.4) is 0 Å². The SMILES string of the molecule is Cc1ccc(C(=O)c2cc([N+](=O)[O-])ccc2N2CCCCC2)cc1. The molecule has 5 nitrogen and oxygen atoms in total. The van der Waals surface area contributed by atoms with Crippen molar-refractivity contribution in [2.75, 3.05) is 18.0 Å². The molecule has 5 heteroatoms. The van der Waals surface area contributed by atoms with Gasteiger partial charge >= 0.3 is 0 Å². The first kappa shape index (κ1) is 16.2. The van der Waals surface area contributed by atoms with Gasteiger partial charge in [0.15, 0.2) is 5.78 Å². The number of benzene rings is 2. The highest BCUT2D eigenvalue weighted by Crippen LogP contribution is 2.30. The third-order valence-corrected chi connectivity index (χ3v) is 4.45. The molecule has 0 amide bonds. The molecule has 0 spiro atoms. The highest BCUT2D eigenvalue weighted by Gasteiger charge is 2.22. The summed E-state index contributed by atoms with van der Waals surface area (Å²) >= 11 is 0. The second-order valence-electron chi connectivity index (χ2n) is 6.20. The molecule has 2 aromatic rings. The fourth-order valence-electron chi connectivity index (χ4n) is 3.09. The maximum atomic E-state index is 12.9. The third-order valence-electron chi connectivity index (χ3n) is 4.45. The molecule has 24 heavy (non-hydrogen) atoms. The van der Waals surface area contributed by atoms with Gasteiger partial charge in [0.2, 0.25) is 0 Å². The second-order valence-corrected chi connectivity index (χ2v) is 6.20. The highest BCUT2D eigenvalue weighted by molar-refractivity contribution is 6.12. The van der Waals surface area contributed by atoms with Gasteiger partial charge in [0.05, 0.1) is 10.5 Å². The molecule has 0 aromatic heterocycles. The van der Waals surface area contributed by atoms with Crippen molar-refractivity contribution in [2.45, 2.75) is 26.2 Å². The zero-order valence-corrected chi connectivity index (χ0v) is 13.7. The number of nitro groups is 1. The summed E-state index contributed by atoms with van der Waals surface area (Å²) in [6.45, 7) is 3.72. The van der Waals surface area contributed by atoms with Crippen molar-refractivity contribution in [3.05, 3.63) is 69.3 Å². The number of carbonyl (C=O) groups is 1. The topological polar surface area (TPSA) is 63.4 Å². The van der Waals surface area contributed by atoms with E-state index in [0.717, 1.165) is 37.2 Å². The van der Waals surface area contributed by atoms with E-state index in [4.69, 9.17) is 0 Å². The Kier molecular flexibility index (Phi) is 4.60. The van der Waals surface area contributed by atoms with Gasteiger partial charge in [-0.15, -0.1) is 0 Å². The van der Waals surface area contributed by atoms with Crippen LogP contribution in [0.2, 0.25) is 0 Å². The van der Waals surface area contributed by atoms with Crippen LogP contribution < -0.4 is 4.90 Å². The minimum Gasteiger partial charge on any atom is -0.371 e. The Balaban J connectivity index is 2.04. The molecule has 3 rings (SSSR count). The zero-order chi connectivity index (χ0) is 17.1. The van der Waals surface area contributed by atoms with E-state index in [-0.39, 0.29) is 11.5 Å². The maximum Gasteiger partial charge on any atom is 0.270 e. The van der Waals surface area contributed by atoms with Crippen molar-refractivity contribution in [1.29, 1.82) is 0 Å². The molecule has 2 aromatic carbocycles. The van der Waals surface area contributed by atoms with Crippen molar-refractivity contribution >= 4 is 17.2 Å². The lowest BCUT2D eigenvalue weighted by Crippen LogP contribution is -2.30. The molecule has 0 atom stereocenters. The molecular weight excluding hydrogens is 304 g/mol. The molecule has 1 saturated heterocycles. The number of piperidine rings is 1. The molecule has 0 bridgehead atoms. The number of nitrogens with zero attached hydrogens (tertiary/aromatic N) is 2.